The molecule has 2 N–H and O–H groups in total. The topological polar surface area (TPSA) is 82.8 Å². The van der Waals surface area contributed by atoms with Crippen molar-refractivity contribution in [2.75, 3.05) is 13.1 Å². The number of nitrogens with zero attached hydrogens (tertiary/aromatic N) is 1. The highest BCUT2D eigenvalue weighted by molar-refractivity contribution is 5.94. The maximum atomic E-state index is 12.4. The molecule has 0 fully saturated rings. The van der Waals surface area contributed by atoms with Crippen molar-refractivity contribution in [1.29, 1.82) is 0 Å². The molecular formula is C19H22N2O4. The maximum Gasteiger partial charge on any atom is 0.244 e. The quantitative estimate of drug-likeness (QED) is 0.722. The molecule has 0 bridgehead atoms. The van der Waals surface area contributed by atoms with Gasteiger partial charge in [0, 0.05) is 24.7 Å². The van der Waals surface area contributed by atoms with E-state index in [0.29, 0.717) is 24.4 Å². The minimum Gasteiger partial charge on any atom is -0.508 e. The summed E-state index contributed by atoms with van der Waals surface area (Å²) in [7, 11) is 0. The van der Waals surface area contributed by atoms with Gasteiger partial charge in [-0.3, -0.25) is 9.59 Å². The molecule has 0 radical (unpaired) electrons. The summed E-state index contributed by atoms with van der Waals surface area (Å²) >= 11 is 0. The third-order valence-corrected chi connectivity index (χ3v) is 3.56. The Balaban J connectivity index is 1.89. The third kappa shape index (κ3) is 5.84. The summed E-state index contributed by atoms with van der Waals surface area (Å²) in [5.74, 6) is 0.143. The first kappa shape index (κ1) is 18.3. The van der Waals surface area contributed by atoms with Gasteiger partial charge in [0.05, 0.1) is 12.8 Å². The van der Waals surface area contributed by atoms with E-state index in [-0.39, 0.29) is 24.1 Å². The number of benzene rings is 1. The molecule has 25 heavy (non-hydrogen) atoms. The lowest BCUT2D eigenvalue weighted by Gasteiger charge is -2.22. The van der Waals surface area contributed by atoms with Gasteiger partial charge in [-0.05, 0) is 30.7 Å². The molecule has 2 amide bonds. The molecular weight excluding hydrogens is 320 g/mol. The van der Waals surface area contributed by atoms with Crippen LogP contribution in [0.3, 0.4) is 0 Å². The van der Waals surface area contributed by atoms with Gasteiger partial charge in [0.15, 0.2) is 0 Å². The number of hydrogen-bond donors (Lipinski definition) is 2. The van der Waals surface area contributed by atoms with Crippen molar-refractivity contribution in [3.05, 3.63) is 60.1 Å². The van der Waals surface area contributed by atoms with Crippen LogP contribution in [0.2, 0.25) is 0 Å². The summed E-state index contributed by atoms with van der Waals surface area (Å²) in [6.45, 7) is 2.72. The number of hydrogen-bond acceptors (Lipinski definition) is 4. The van der Waals surface area contributed by atoms with Gasteiger partial charge in [-0.25, -0.2) is 0 Å². The molecule has 132 valence electrons. The van der Waals surface area contributed by atoms with Gasteiger partial charge in [-0.1, -0.05) is 25.1 Å². The van der Waals surface area contributed by atoms with E-state index in [4.69, 9.17) is 4.42 Å². The lowest BCUT2D eigenvalue weighted by Crippen LogP contribution is -2.39. The van der Waals surface area contributed by atoms with Gasteiger partial charge in [0.1, 0.15) is 11.5 Å². The summed E-state index contributed by atoms with van der Waals surface area (Å²) in [6, 6.07) is 10.4. The van der Waals surface area contributed by atoms with Crippen LogP contribution < -0.4 is 5.32 Å². The van der Waals surface area contributed by atoms with Crippen molar-refractivity contribution in [3.63, 3.8) is 0 Å². The highest BCUT2D eigenvalue weighted by Crippen LogP contribution is 2.17. The Labute approximate surface area is 146 Å². The highest BCUT2D eigenvalue weighted by atomic mass is 16.3. The minimum absolute atomic E-state index is 0.102. The first-order valence-electron chi connectivity index (χ1n) is 8.14. The second kappa shape index (κ2) is 9.32. The normalized spacial score (nSPS) is 10.8. The van der Waals surface area contributed by atoms with Gasteiger partial charge < -0.3 is 19.7 Å². The average molecular weight is 342 g/mol. The molecule has 0 aliphatic rings. The SMILES string of the molecule is CCCN(Cc1ccccc1O)C(=O)CNC(=O)C=Cc1ccco1. The van der Waals surface area contributed by atoms with Crippen LogP contribution >= 0.6 is 0 Å². The van der Waals surface area contributed by atoms with Gasteiger partial charge >= 0.3 is 0 Å². The average Bonchev–Trinajstić information content (AvgIpc) is 3.13. The predicted octanol–water partition coefficient (Wildman–Crippen LogP) is 2.55. The summed E-state index contributed by atoms with van der Waals surface area (Å²) in [5, 5.41) is 12.4. The van der Waals surface area contributed by atoms with Crippen LogP contribution in [0.1, 0.15) is 24.7 Å². The molecule has 0 saturated heterocycles. The molecule has 0 unspecified atom stereocenters. The minimum atomic E-state index is -0.372. The van der Waals surface area contributed by atoms with Crippen molar-refractivity contribution >= 4 is 17.9 Å². The Morgan fingerprint density at radius 1 is 1.24 bits per heavy atom. The summed E-state index contributed by atoms with van der Waals surface area (Å²) < 4.78 is 5.09. The summed E-state index contributed by atoms with van der Waals surface area (Å²) in [4.78, 5) is 25.8. The number of carbonyl (C=O) groups is 2. The molecule has 0 aliphatic carbocycles. The highest BCUT2D eigenvalue weighted by Gasteiger charge is 2.15. The van der Waals surface area contributed by atoms with E-state index in [2.05, 4.69) is 5.32 Å². The van der Waals surface area contributed by atoms with E-state index >= 15 is 0 Å². The van der Waals surface area contributed by atoms with E-state index in [0.717, 1.165) is 6.42 Å². The number of nitrogens with one attached hydrogen (secondary N) is 1. The first-order chi connectivity index (χ1) is 12.1. The second-order valence-corrected chi connectivity index (χ2v) is 5.51. The van der Waals surface area contributed by atoms with Crippen LogP contribution in [0.4, 0.5) is 0 Å². The zero-order valence-electron chi connectivity index (χ0n) is 14.1. The van der Waals surface area contributed by atoms with Gasteiger partial charge in [0.2, 0.25) is 11.8 Å². The molecule has 6 heteroatoms. The van der Waals surface area contributed by atoms with Gasteiger partial charge in [0.25, 0.3) is 0 Å². The number of amides is 2. The van der Waals surface area contributed by atoms with E-state index in [1.807, 2.05) is 13.0 Å². The van der Waals surface area contributed by atoms with Crippen molar-refractivity contribution in [2.45, 2.75) is 19.9 Å². The molecule has 0 spiro atoms. The summed E-state index contributed by atoms with van der Waals surface area (Å²) in [6.07, 6.45) is 5.15. The number of carbonyl (C=O) groups excluding carboxylic acids is 2. The van der Waals surface area contributed by atoms with Crippen LogP contribution in [-0.4, -0.2) is 34.9 Å². The number of phenolic OH excluding ortho intramolecular Hbond substituents is 1. The van der Waals surface area contributed by atoms with Gasteiger partial charge in [-0.2, -0.15) is 0 Å². The Morgan fingerprint density at radius 2 is 2.04 bits per heavy atom. The van der Waals surface area contributed by atoms with E-state index in [1.54, 1.807) is 35.2 Å². The standard InChI is InChI=1S/C19H22N2O4/c1-2-11-21(14-15-6-3-4-8-17(15)22)19(24)13-20-18(23)10-9-16-7-5-12-25-16/h3-10,12,22H,2,11,13-14H2,1H3,(H,20,23). The Bertz CT molecular complexity index is 723. The number of para-hydroxylation sites is 1. The molecule has 0 aliphatic heterocycles. The lowest BCUT2D eigenvalue weighted by atomic mass is 10.2. The number of aromatic hydroxyl groups is 1. The molecule has 6 nitrogen and oxygen atoms in total. The monoisotopic (exact) mass is 342 g/mol. The Morgan fingerprint density at radius 3 is 2.72 bits per heavy atom. The smallest absolute Gasteiger partial charge is 0.244 e. The molecule has 2 aromatic rings. The van der Waals surface area contributed by atoms with E-state index in [1.165, 1.54) is 18.4 Å². The second-order valence-electron chi connectivity index (χ2n) is 5.51. The van der Waals surface area contributed by atoms with Crippen molar-refractivity contribution in [1.82, 2.24) is 10.2 Å². The van der Waals surface area contributed by atoms with Gasteiger partial charge in [-0.15, -0.1) is 0 Å². The molecule has 2 rings (SSSR count). The largest absolute Gasteiger partial charge is 0.508 e. The van der Waals surface area contributed by atoms with Crippen LogP contribution in [0.25, 0.3) is 6.08 Å². The lowest BCUT2D eigenvalue weighted by molar-refractivity contribution is -0.132. The third-order valence-electron chi connectivity index (χ3n) is 3.56. The fraction of sp³-hybridized carbons (Fsp3) is 0.263. The van der Waals surface area contributed by atoms with E-state index < -0.39 is 0 Å². The van der Waals surface area contributed by atoms with Crippen molar-refractivity contribution in [3.8, 4) is 5.75 Å². The fourth-order valence-corrected chi connectivity index (χ4v) is 2.29. The fourth-order valence-electron chi connectivity index (χ4n) is 2.29. The molecule has 0 atom stereocenters. The van der Waals surface area contributed by atoms with Crippen LogP contribution in [0.5, 0.6) is 5.75 Å². The molecule has 1 aromatic carbocycles. The first-order valence-corrected chi connectivity index (χ1v) is 8.14. The number of rotatable bonds is 8. The summed E-state index contributed by atoms with van der Waals surface area (Å²) in [5.41, 5.74) is 0.674. The Kier molecular flexibility index (Phi) is 6.83. The zero-order chi connectivity index (χ0) is 18.1. The molecule has 0 saturated carbocycles. The van der Waals surface area contributed by atoms with Crippen LogP contribution in [-0.2, 0) is 16.1 Å². The molecule has 1 heterocycles. The number of furan rings is 1. The number of phenols is 1. The van der Waals surface area contributed by atoms with Crippen LogP contribution in [0, 0.1) is 0 Å². The molecule has 1 aromatic heterocycles. The maximum absolute atomic E-state index is 12.4. The predicted molar refractivity (Wildman–Crippen MR) is 94.6 cm³/mol. The van der Waals surface area contributed by atoms with Crippen molar-refractivity contribution < 1.29 is 19.1 Å². The van der Waals surface area contributed by atoms with Crippen molar-refractivity contribution in [2.24, 2.45) is 0 Å². The van der Waals surface area contributed by atoms with E-state index in [9.17, 15) is 14.7 Å². The van der Waals surface area contributed by atoms with Crippen LogP contribution in [0.15, 0.2) is 53.2 Å². The Hall–Kier alpha value is -3.02. The zero-order valence-corrected chi connectivity index (χ0v) is 14.1.